The van der Waals surface area contributed by atoms with E-state index >= 15 is 0 Å². The van der Waals surface area contributed by atoms with Crippen molar-refractivity contribution in [3.63, 3.8) is 0 Å². The lowest BCUT2D eigenvalue weighted by atomic mass is 10.0. The Bertz CT molecular complexity index is 780. The monoisotopic (exact) mass is 423 g/mol. The van der Waals surface area contributed by atoms with Gasteiger partial charge in [0.1, 0.15) is 12.4 Å². The summed E-state index contributed by atoms with van der Waals surface area (Å²) in [4.78, 5) is 0. The highest BCUT2D eigenvalue weighted by molar-refractivity contribution is 9.10. The summed E-state index contributed by atoms with van der Waals surface area (Å²) in [6.45, 7) is 6.55. The van der Waals surface area contributed by atoms with E-state index < -0.39 is 0 Å². The SMILES string of the molecule is CCc1cc(C)c(OCc2c(Br)cccc2N(O)C(=S)OC)cc1C. The number of anilines is 1. The van der Waals surface area contributed by atoms with Gasteiger partial charge >= 0.3 is 0 Å². The fourth-order valence-corrected chi connectivity index (χ4v) is 3.18. The molecule has 0 spiro atoms. The van der Waals surface area contributed by atoms with E-state index in [0.29, 0.717) is 5.69 Å². The van der Waals surface area contributed by atoms with Gasteiger partial charge in [0.2, 0.25) is 0 Å². The lowest BCUT2D eigenvalue weighted by Gasteiger charge is -2.21. The van der Waals surface area contributed by atoms with E-state index in [1.54, 1.807) is 6.07 Å². The largest absolute Gasteiger partial charge is 0.489 e. The molecule has 6 heteroatoms. The highest BCUT2D eigenvalue weighted by atomic mass is 79.9. The van der Waals surface area contributed by atoms with Crippen molar-refractivity contribution in [2.45, 2.75) is 33.8 Å². The number of hydrogen-bond donors (Lipinski definition) is 1. The first-order valence-corrected chi connectivity index (χ1v) is 9.16. The number of ether oxygens (including phenoxy) is 2. The van der Waals surface area contributed by atoms with Crippen molar-refractivity contribution in [1.82, 2.24) is 0 Å². The first-order chi connectivity index (χ1) is 11.9. The van der Waals surface area contributed by atoms with Gasteiger partial charge in [0.25, 0.3) is 5.17 Å². The number of rotatable bonds is 5. The maximum absolute atomic E-state index is 10.2. The molecule has 0 radical (unpaired) electrons. The smallest absolute Gasteiger partial charge is 0.288 e. The number of nitrogens with zero attached hydrogens (tertiary/aromatic N) is 1. The summed E-state index contributed by atoms with van der Waals surface area (Å²) in [6, 6.07) is 9.68. The van der Waals surface area contributed by atoms with Crippen LogP contribution in [0.15, 0.2) is 34.8 Å². The number of thiocarbonyl (C=S) groups is 1. The Morgan fingerprint density at radius 1 is 1.24 bits per heavy atom. The summed E-state index contributed by atoms with van der Waals surface area (Å²) in [5.74, 6) is 0.829. The third-order valence-corrected chi connectivity index (χ3v) is 5.14. The van der Waals surface area contributed by atoms with Gasteiger partial charge < -0.3 is 9.47 Å². The number of hydrogen-bond acceptors (Lipinski definition) is 4. The molecule has 4 nitrogen and oxygen atoms in total. The van der Waals surface area contributed by atoms with Crippen LogP contribution in [0, 0.1) is 13.8 Å². The van der Waals surface area contributed by atoms with E-state index in [4.69, 9.17) is 21.7 Å². The van der Waals surface area contributed by atoms with Crippen LogP contribution in [-0.2, 0) is 17.8 Å². The summed E-state index contributed by atoms with van der Waals surface area (Å²) in [7, 11) is 1.42. The molecule has 0 fully saturated rings. The highest BCUT2D eigenvalue weighted by Crippen LogP contribution is 2.30. The van der Waals surface area contributed by atoms with Gasteiger partial charge in [-0.2, -0.15) is 5.06 Å². The quantitative estimate of drug-likeness (QED) is 0.519. The number of methoxy groups -OCH3 is 1. The summed E-state index contributed by atoms with van der Waals surface area (Å²) in [5.41, 5.74) is 4.91. The highest BCUT2D eigenvalue weighted by Gasteiger charge is 2.17. The van der Waals surface area contributed by atoms with Crippen LogP contribution >= 0.6 is 28.1 Å². The molecule has 0 aliphatic carbocycles. The summed E-state index contributed by atoms with van der Waals surface area (Å²) < 4.78 is 11.8. The number of benzene rings is 2. The molecule has 0 aliphatic rings. The molecule has 0 heterocycles. The number of halogens is 1. The molecule has 0 amide bonds. The summed E-state index contributed by atoms with van der Waals surface area (Å²) >= 11 is 8.52. The zero-order valence-electron chi connectivity index (χ0n) is 14.8. The van der Waals surface area contributed by atoms with Crippen LogP contribution in [0.3, 0.4) is 0 Å². The first kappa shape index (κ1) is 19.7. The van der Waals surface area contributed by atoms with Gasteiger partial charge in [-0.15, -0.1) is 0 Å². The molecule has 0 atom stereocenters. The van der Waals surface area contributed by atoms with E-state index in [0.717, 1.165) is 32.8 Å². The Kier molecular flexibility index (Phi) is 6.81. The van der Waals surface area contributed by atoms with Gasteiger partial charge in [0.05, 0.1) is 12.8 Å². The normalized spacial score (nSPS) is 10.5. The fraction of sp³-hybridized carbons (Fsp3) is 0.316. The van der Waals surface area contributed by atoms with Crippen LogP contribution < -0.4 is 9.80 Å². The van der Waals surface area contributed by atoms with Crippen molar-refractivity contribution < 1.29 is 14.7 Å². The molecule has 0 unspecified atom stereocenters. The molecule has 0 saturated carbocycles. The predicted octanol–water partition coefficient (Wildman–Crippen LogP) is 5.33. The topological polar surface area (TPSA) is 41.9 Å². The Balaban J connectivity index is 2.30. The Hall–Kier alpha value is -1.63. The van der Waals surface area contributed by atoms with Gasteiger partial charge in [0.15, 0.2) is 0 Å². The lowest BCUT2D eigenvalue weighted by Crippen LogP contribution is -2.27. The van der Waals surface area contributed by atoms with Crippen molar-refractivity contribution in [1.29, 1.82) is 0 Å². The number of aryl methyl sites for hydroxylation is 3. The zero-order chi connectivity index (χ0) is 18.6. The van der Waals surface area contributed by atoms with Crippen LogP contribution in [0.25, 0.3) is 0 Å². The second kappa shape index (κ2) is 8.65. The molecular formula is C19H22BrNO3S. The van der Waals surface area contributed by atoms with Gasteiger partial charge in [-0.1, -0.05) is 35.0 Å². The Morgan fingerprint density at radius 3 is 2.60 bits per heavy atom. The maximum Gasteiger partial charge on any atom is 0.288 e. The molecule has 2 aromatic rings. The van der Waals surface area contributed by atoms with Gasteiger partial charge in [-0.3, -0.25) is 5.21 Å². The van der Waals surface area contributed by atoms with Crippen LogP contribution in [0.4, 0.5) is 5.69 Å². The minimum Gasteiger partial charge on any atom is -0.489 e. The van der Waals surface area contributed by atoms with Crippen LogP contribution in [0.1, 0.15) is 29.2 Å². The molecular weight excluding hydrogens is 402 g/mol. The summed E-state index contributed by atoms with van der Waals surface area (Å²) in [5, 5.41) is 11.1. The van der Waals surface area contributed by atoms with Crippen molar-refractivity contribution in [3.05, 3.63) is 57.1 Å². The summed E-state index contributed by atoms with van der Waals surface area (Å²) in [6.07, 6.45) is 0.995. The molecule has 0 bridgehead atoms. The number of hydroxylamine groups is 1. The molecule has 25 heavy (non-hydrogen) atoms. The minimum absolute atomic E-state index is 0.0290. The average molecular weight is 424 g/mol. The van der Waals surface area contributed by atoms with Crippen molar-refractivity contribution in [2.75, 3.05) is 12.2 Å². The second-order valence-corrected chi connectivity index (χ2v) is 6.91. The van der Waals surface area contributed by atoms with Gasteiger partial charge in [-0.05, 0) is 67.4 Å². The van der Waals surface area contributed by atoms with Gasteiger partial charge in [-0.25, -0.2) is 0 Å². The van der Waals surface area contributed by atoms with Gasteiger partial charge in [0, 0.05) is 10.0 Å². The van der Waals surface area contributed by atoms with Crippen LogP contribution in [-0.4, -0.2) is 17.5 Å². The second-order valence-electron chi connectivity index (χ2n) is 5.71. The van der Waals surface area contributed by atoms with Crippen molar-refractivity contribution >= 4 is 39.0 Å². The molecule has 134 valence electrons. The Morgan fingerprint density at radius 2 is 1.96 bits per heavy atom. The minimum atomic E-state index is -0.0290. The third-order valence-electron chi connectivity index (χ3n) is 4.06. The van der Waals surface area contributed by atoms with E-state index in [-0.39, 0.29) is 11.8 Å². The molecule has 1 N–H and O–H groups in total. The molecule has 0 aromatic heterocycles. The third kappa shape index (κ3) is 4.51. The van der Waals surface area contributed by atoms with Crippen LogP contribution in [0.5, 0.6) is 5.75 Å². The van der Waals surface area contributed by atoms with Crippen molar-refractivity contribution in [3.8, 4) is 5.75 Å². The standard InChI is InChI=1S/C19H22BrNO3S/c1-5-14-9-13(3)18(10-12(14)2)24-11-15-16(20)7-6-8-17(15)21(22)19(25)23-4/h6-10,22H,5,11H2,1-4H3. The predicted molar refractivity (Wildman–Crippen MR) is 108 cm³/mol. The first-order valence-electron chi connectivity index (χ1n) is 7.96. The van der Waals surface area contributed by atoms with E-state index in [1.165, 1.54) is 18.2 Å². The zero-order valence-corrected chi connectivity index (χ0v) is 17.2. The fourth-order valence-electron chi connectivity index (χ4n) is 2.61. The molecule has 0 saturated heterocycles. The van der Waals surface area contributed by atoms with Crippen LogP contribution in [0.2, 0.25) is 0 Å². The van der Waals surface area contributed by atoms with E-state index in [9.17, 15) is 5.21 Å². The Labute approximate surface area is 162 Å². The molecule has 2 rings (SSSR count). The van der Waals surface area contributed by atoms with E-state index in [1.807, 2.05) is 19.1 Å². The average Bonchev–Trinajstić information content (AvgIpc) is 2.61. The molecule has 2 aromatic carbocycles. The van der Waals surface area contributed by atoms with Crippen molar-refractivity contribution in [2.24, 2.45) is 0 Å². The van der Waals surface area contributed by atoms with E-state index in [2.05, 4.69) is 41.9 Å². The lowest BCUT2D eigenvalue weighted by molar-refractivity contribution is 0.264. The maximum atomic E-state index is 10.2. The molecule has 0 aliphatic heterocycles.